The minimum atomic E-state index is -0.451. The fourth-order valence-electron chi connectivity index (χ4n) is 5.38. The summed E-state index contributed by atoms with van der Waals surface area (Å²) in [6.07, 6.45) is 1.55. The van der Waals surface area contributed by atoms with Crippen molar-refractivity contribution < 1.29 is 14.3 Å². The topological polar surface area (TPSA) is 71.0 Å². The lowest BCUT2D eigenvalue weighted by Gasteiger charge is -2.52. The Bertz CT molecular complexity index is 1180. The Balaban J connectivity index is 1.47. The first-order valence-electron chi connectivity index (χ1n) is 12.2. The number of halogens is 1. The van der Waals surface area contributed by atoms with Crippen LogP contribution in [0.1, 0.15) is 28.5 Å². The Morgan fingerprint density at radius 3 is 1.97 bits per heavy atom. The third-order valence-electron chi connectivity index (χ3n) is 7.11. The van der Waals surface area contributed by atoms with E-state index in [4.69, 9.17) is 16.3 Å². The number of benzene rings is 3. The second-order valence-electron chi connectivity index (χ2n) is 9.12. The third kappa shape index (κ3) is 4.92. The predicted molar refractivity (Wildman–Crippen MR) is 140 cm³/mol. The number of rotatable bonds is 6. The second-order valence-corrected chi connectivity index (χ2v) is 9.53. The van der Waals surface area contributed by atoms with E-state index >= 15 is 0 Å². The van der Waals surface area contributed by atoms with Crippen LogP contribution < -0.4 is 5.43 Å². The molecule has 4 atom stereocenters. The summed E-state index contributed by atoms with van der Waals surface area (Å²) in [6, 6.07) is 27.0. The van der Waals surface area contributed by atoms with Crippen molar-refractivity contribution in [3.8, 4) is 0 Å². The van der Waals surface area contributed by atoms with Crippen molar-refractivity contribution in [1.82, 2.24) is 10.3 Å². The van der Waals surface area contributed by atoms with Gasteiger partial charge in [0.15, 0.2) is 0 Å². The summed E-state index contributed by atoms with van der Waals surface area (Å²) in [4.78, 5) is 29.3. The Morgan fingerprint density at radius 1 is 0.833 bits per heavy atom. The van der Waals surface area contributed by atoms with Gasteiger partial charge in [-0.1, -0.05) is 90.5 Å². The SMILES string of the molecule is O=C(N/N=C\c1ccccc1Cl)C1[C@@H](c2ccccc2)C(C(=O)N2CCOCC2)[C@H]1c1ccccc1. The van der Waals surface area contributed by atoms with E-state index in [0.717, 1.165) is 11.1 Å². The van der Waals surface area contributed by atoms with Crippen LogP contribution in [0.15, 0.2) is 90.0 Å². The molecule has 2 fully saturated rings. The van der Waals surface area contributed by atoms with E-state index in [0.29, 0.717) is 36.9 Å². The molecule has 2 unspecified atom stereocenters. The molecule has 7 heteroatoms. The summed E-state index contributed by atoms with van der Waals surface area (Å²) in [5.41, 5.74) is 5.40. The zero-order valence-electron chi connectivity index (χ0n) is 19.8. The zero-order chi connectivity index (χ0) is 24.9. The lowest BCUT2D eigenvalue weighted by Crippen LogP contribution is -2.57. The lowest BCUT2D eigenvalue weighted by atomic mass is 9.51. The van der Waals surface area contributed by atoms with Gasteiger partial charge in [-0.25, -0.2) is 5.43 Å². The summed E-state index contributed by atoms with van der Waals surface area (Å²) < 4.78 is 5.47. The highest BCUT2D eigenvalue weighted by Gasteiger charge is 2.58. The normalized spacial score (nSPS) is 23.8. The van der Waals surface area contributed by atoms with Crippen LogP contribution in [0.5, 0.6) is 0 Å². The maximum Gasteiger partial charge on any atom is 0.244 e. The van der Waals surface area contributed by atoms with Crippen molar-refractivity contribution in [3.63, 3.8) is 0 Å². The largest absolute Gasteiger partial charge is 0.378 e. The Labute approximate surface area is 215 Å². The summed E-state index contributed by atoms with van der Waals surface area (Å²) in [7, 11) is 0. The van der Waals surface area contributed by atoms with Crippen molar-refractivity contribution in [1.29, 1.82) is 0 Å². The number of morpholine rings is 1. The van der Waals surface area contributed by atoms with Gasteiger partial charge in [-0.3, -0.25) is 9.59 Å². The van der Waals surface area contributed by atoms with Crippen molar-refractivity contribution in [2.45, 2.75) is 11.8 Å². The minimum Gasteiger partial charge on any atom is -0.378 e. The van der Waals surface area contributed by atoms with E-state index in [9.17, 15) is 9.59 Å². The van der Waals surface area contributed by atoms with Crippen molar-refractivity contribution >= 4 is 29.6 Å². The summed E-state index contributed by atoms with van der Waals surface area (Å²) in [5, 5.41) is 4.76. The molecule has 1 saturated carbocycles. The predicted octanol–water partition coefficient (Wildman–Crippen LogP) is 4.46. The molecule has 36 heavy (non-hydrogen) atoms. The molecule has 2 amide bonds. The first kappa shape index (κ1) is 24.2. The number of nitrogens with one attached hydrogen (secondary N) is 1. The second kappa shape index (κ2) is 11.1. The van der Waals surface area contributed by atoms with Gasteiger partial charge in [0.1, 0.15) is 0 Å². The molecule has 0 aromatic heterocycles. The first-order valence-corrected chi connectivity index (χ1v) is 12.6. The zero-order valence-corrected chi connectivity index (χ0v) is 20.6. The Morgan fingerprint density at radius 2 is 1.39 bits per heavy atom. The van der Waals surface area contributed by atoms with Crippen molar-refractivity contribution in [2.75, 3.05) is 26.3 Å². The average molecular weight is 502 g/mol. The monoisotopic (exact) mass is 501 g/mol. The molecule has 1 aliphatic carbocycles. The maximum atomic E-state index is 13.8. The van der Waals surface area contributed by atoms with Crippen molar-refractivity contribution in [2.24, 2.45) is 16.9 Å². The molecule has 2 aliphatic rings. The summed E-state index contributed by atoms with van der Waals surface area (Å²) in [6.45, 7) is 2.20. The number of hydrogen-bond donors (Lipinski definition) is 1. The number of carbonyl (C=O) groups is 2. The van der Waals surface area contributed by atoms with E-state index in [2.05, 4.69) is 10.5 Å². The smallest absolute Gasteiger partial charge is 0.244 e. The molecule has 1 N–H and O–H groups in total. The van der Waals surface area contributed by atoms with Gasteiger partial charge in [0.05, 0.1) is 31.3 Å². The van der Waals surface area contributed by atoms with Gasteiger partial charge in [-0.2, -0.15) is 5.10 Å². The molecule has 6 nitrogen and oxygen atoms in total. The van der Waals surface area contributed by atoms with Crippen molar-refractivity contribution in [3.05, 3.63) is 107 Å². The highest BCUT2D eigenvalue weighted by molar-refractivity contribution is 6.33. The maximum absolute atomic E-state index is 13.8. The molecule has 184 valence electrons. The van der Waals surface area contributed by atoms with Gasteiger partial charge < -0.3 is 9.64 Å². The molecular formula is C29H28ClN3O3. The van der Waals surface area contributed by atoms with E-state index in [1.54, 1.807) is 12.3 Å². The van der Waals surface area contributed by atoms with E-state index in [-0.39, 0.29) is 29.6 Å². The molecule has 5 rings (SSSR count). The molecule has 1 heterocycles. The van der Waals surface area contributed by atoms with Crippen LogP contribution in [0.3, 0.4) is 0 Å². The summed E-state index contributed by atoms with van der Waals surface area (Å²) >= 11 is 6.22. The van der Waals surface area contributed by atoms with Crippen LogP contribution in [-0.2, 0) is 14.3 Å². The fourth-order valence-corrected chi connectivity index (χ4v) is 5.56. The number of ether oxygens (including phenoxy) is 1. The number of carbonyl (C=O) groups excluding carboxylic acids is 2. The van der Waals surface area contributed by atoms with Crippen LogP contribution in [0.4, 0.5) is 0 Å². The van der Waals surface area contributed by atoms with E-state index < -0.39 is 5.92 Å². The van der Waals surface area contributed by atoms with Crippen LogP contribution in [0.25, 0.3) is 0 Å². The quantitative estimate of drug-likeness (QED) is 0.400. The van der Waals surface area contributed by atoms with Crippen LogP contribution in [0, 0.1) is 11.8 Å². The molecule has 1 saturated heterocycles. The standard InChI is InChI=1S/C29H28ClN3O3/c30-23-14-8-7-13-22(23)19-31-32-28(34)26-24(20-9-3-1-4-10-20)27(25(26)21-11-5-2-6-12-21)29(35)33-15-17-36-18-16-33/h1-14,19,24-27H,15-18H2,(H,32,34)/b31-19-/t24-,25+,26?,27?. The first-order chi connectivity index (χ1) is 17.6. The van der Waals surface area contributed by atoms with Crippen LogP contribution in [0.2, 0.25) is 5.02 Å². The lowest BCUT2D eigenvalue weighted by molar-refractivity contribution is -0.151. The number of amides is 2. The Kier molecular flexibility index (Phi) is 7.44. The molecule has 1 aliphatic heterocycles. The fraction of sp³-hybridized carbons (Fsp3) is 0.276. The van der Waals surface area contributed by atoms with Gasteiger partial charge >= 0.3 is 0 Å². The van der Waals surface area contributed by atoms with Gasteiger partial charge in [0.2, 0.25) is 11.8 Å². The summed E-state index contributed by atoms with van der Waals surface area (Å²) in [5.74, 6) is -1.47. The van der Waals surface area contributed by atoms with Gasteiger partial charge in [-0.05, 0) is 17.2 Å². The molecular weight excluding hydrogens is 474 g/mol. The van der Waals surface area contributed by atoms with Gasteiger partial charge in [-0.15, -0.1) is 0 Å². The van der Waals surface area contributed by atoms with E-state index in [1.165, 1.54) is 0 Å². The number of hydrazone groups is 1. The van der Waals surface area contributed by atoms with Crippen LogP contribution in [-0.4, -0.2) is 49.2 Å². The molecule has 0 spiro atoms. The number of nitrogens with zero attached hydrogens (tertiary/aromatic N) is 2. The van der Waals surface area contributed by atoms with Crippen LogP contribution >= 0.6 is 11.6 Å². The number of hydrogen-bond acceptors (Lipinski definition) is 4. The highest BCUT2D eigenvalue weighted by Crippen LogP contribution is 2.58. The van der Waals surface area contributed by atoms with Gasteiger partial charge in [0, 0.05) is 35.5 Å². The average Bonchev–Trinajstić information content (AvgIpc) is 2.91. The molecule has 3 aromatic rings. The Hall–Kier alpha value is -3.48. The highest BCUT2D eigenvalue weighted by atomic mass is 35.5. The molecule has 0 radical (unpaired) electrons. The van der Waals surface area contributed by atoms with Gasteiger partial charge in [0.25, 0.3) is 0 Å². The third-order valence-corrected chi connectivity index (χ3v) is 7.45. The molecule has 3 aromatic carbocycles. The van der Waals surface area contributed by atoms with E-state index in [1.807, 2.05) is 83.8 Å². The minimum absolute atomic E-state index is 0.0737. The molecule has 0 bridgehead atoms.